The van der Waals surface area contributed by atoms with E-state index in [9.17, 15) is 19.2 Å². The van der Waals surface area contributed by atoms with E-state index in [1.807, 2.05) is 13.8 Å². The first kappa shape index (κ1) is 24.2. The van der Waals surface area contributed by atoms with Gasteiger partial charge in [-0.2, -0.15) is 0 Å². The number of Topliss-reactive ketones (excluding diaryl/α,β-unsaturated/α-hetero) is 2. The number of methoxy groups -OCH3 is 2. The van der Waals surface area contributed by atoms with Gasteiger partial charge in [0, 0.05) is 11.1 Å². The van der Waals surface area contributed by atoms with Gasteiger partial charge in [-0.25, -0.2) is 9.59 Å². The van der Waals surface area contributed by atoms with Crippen molar-refractivity contribution in [3.05, 3.63) is 69.8 Å². The summed E-state index contributed by atoms with van der Waals surface area (Å²) in [4.78, 5) is 45.4. The van der Waals surface area contributed by atoms with Crippen LogP contribution in [0.1, 0.15) is 59.5 Å². The summed E-state index contributed by atoms with van der Waals surface area (Å²) in [5.74, 6) is -1.22. The lowest BCUT2D eigenvalue weighted by Crippen LogP contribution is -2.11. The van der Waals surface area contributed by atoms with Crippen molar-refractivity contribution in [2.24, 2.45) is 0 Å². The summed E-state index contributed by atoms with van der Waals surface area (Å²) in [5.41, 5.74) is 3.30. The van der Waals surface area contributed by atoms with Gasteiger partial charge in [0.25, 0.3) is 0 Å². The van der Waals surface area contributed by atoms with Crippen molar-refractivity contribution >= 4 is 39.4 Å². The van der Waals surface area contributed by atoms with E-state index in [1.54, 1.807) is 36.4 Å². The lowest BCUT2D eigenvalue weighted by molar-refractivity contribution is 0.0589. The van der Waals surface area contributed by atoms with E-state index in [2.05, 4.69) is 25.4 Å². The molecule has 0 heterocycles. The van der Waals surface area contributed by atoms with Crippen molar-refractivity contribution in [2.45, 2.75) is 20.8 Å². The predicted molar refractivity (Wildman–Crippen MR) is 113 cm³/mol. The zero-order valence-corrected chi connectivity index (χ0v) is 18.6. The molecule has 0 aromatic heterocycles. The number of carbonyl (C=O) groups is 4. The van der Waals surface area contributed by atoms with Gasteiger partial charge in [-0.1, -0.05) is 51.3 Å². The number of ketones is 2. The van der Waals surface area contributed by atoms with Crippen LogP contribution in [0.2, 0.25) is 0 Å². The van der Waals surface area contributed by atoms with Gasteiger partial charge in [0.2, 0.25) is 0 Å². The van der Waals surface area contributed by atoms with E-state index in [4.69, 9.17) is 0 Å². The fourth-order valence-electron chi connectivity index (χ4n) is 2.50. The van der Waals surface area contributed by atoms with Gasteiger partial charge >= 0.3 is 11.9 Å². The molecule has 0 aliphatic carbocycles. The zero-order valence-electron chi connectivity index (χ0n) is 17.0. The Bertz CT molecular complexity index is 933. The van der Waals surface area contributed by atoms with Crippen molar-refractivity contribution < 1.29 is 28.7 Å². The summed E-state index contributed by atoms with van der Waals surface area (Å²) in [5, 5.41) is 0.194. The topological polar surface area (TPSA) is 86.7 Å². The largest absolute Gasteiger partial charge is 0.465 e. The lowest BCUT2D eigenvalue weighted by Gasteiger charge is -2.06. The Morgan fingerprint density at radius 2 is 1.17 bits per heavy atom. The maximum atomic E-state index is 11.5. The second-order valence-electron chi connectivity index (χ2n) is 6.19. The number of alkyl halides is 1. The van der Waals surface area contributed by atoms with Crippen molar-refractivity contribution in [3.63, 3.8) is 0 Å². The van der Waals surface area contributed by atoms with Crippen LogP contribution < -0.4 is 0 Å². The number of ether oxygens (including phenoxy) is 2. The molecule has 0 radical (unpaired) electrons. The third-order valence-electron chi connectivity index (χ3n) is 3.96. The van der Waals surface area contributed by atoms with Crippen LogP contribution in [-0.2, 0) is 9.47 Å². The number of hydrogen-bond donors (Lipinski definition) is 0. The molecule has 0 N–H and O–H groups in total. The van der Waals surface area contributed by atoms with E-state index >= 15 is 0 Å². The number of benzene rings is 2. The van der Waals surface area contributed by atoms with E-state index in [-0.39, 0.29) is 16.9 Å². The van der Waals surface area contributed by atoms with Crippen molar-refractivity contribution in [1.82, 2.24) is 0 Å². The standard InChI is InChI=1S/C11H11BrO3.C11H12O3/c1-7-3-4-8(10(13)6-12)9(5-7)11(14)15-2;1-7-4-5-9(8(2)12)10(6-7)11(13)14-3/h3-5H,6H2,1-2H3;4-6H,1-3H3. The Morgan fingerprint density at radius 1 is 0.759 bits per heavy atom. The molecule has 2 rings (SSSR count). The highest BCUT2D eigenvalue weighted by molar-refractivity contribution is 9.09. The Hall–Kier alpha value is -2.80. The molecular weight excluding hydrogens is 440 g/mol. The van der Waals surface area contributed by atoms with Gasteiger partial charge in [-0.3, -0.25) is 9.59 Å². The summed E-state index contributed by atoms with van der Waals surface area (Å²) in [6.45, 7) is 5.14. The molecule has 0 bridgehead atoms. The molecule has 0 aliphatic rings. The minimum Gasteiger partial charge on any atom is -0.465 e. The summed E-state index contributed by atoms with van der Waals surface area (Å²) in [6.07, 6.45) is 0. The van der Waals surface area contributed by atoms with Crippen molar-refractivity contribution in [3.8, 4) is 0 Å². The Morgan fingerprint density at radius 3 is 1.55 bits per heavy atom. The first-order valence-electron chi connectivity index (χ1n) is 8.64. The summed E-state index contributed by atoms with van der Waals surface area (Å²) < 4.78 is 9.21. The molecule has 29 heavy (non-hydrogen) atoms. The smallest absolute Gasteiger partial charge is 0.338 e. The van der Waals surface area contributed by atoms with Crippen molar-refractivity contribution in [2.75, 3.05) is 19.5 Å². The minimum atomic E-state index is -0.483. The maximum absolute atomic E-state index is 11.5. The summed E-state index contributed by atoms with van der Waals surface area (Å²) >= 11 is 3.07. The first-order chi connectivity index (χ1) is 13.7. The molecule has 2 aromatic carbocycles. The normalized spacial score (nSPS) is 9.72. The van der Waals surface area contributed by atoms with Crippen LogP contribution in [0.4, 0.5) is 0 Å². The Labute approximate surface area is 178 Å². The average molecular weight is 463 g/mol. The molecule has 0 amide bonds. The quantitative estimate of drug-likeness (QED) is 0.373. The minimum absolute atomic E-state index is 0.129. The molecule has 0 aliphatic heterocycles. The van der Waals surface area contributed by atoms with Crippen LogP contribution in [0, 0.1) is 13.8 Å². The number of halogens is 1. The molecule has 0 saturated heterocycles. The van der Waals surface area contributed by atoms with Gasteiger partial charge < -0.3 is 9.47 Å². The molecule has 0 atom stereocenters. The lowest BCUT2D eigenvalue weighted by atomic mass is 10.0. The van der Waals surface area contributed by atoms with Gasteiger partial charge in [0.05, 0.1) is 30.7 Å². The number of hydrogen-bond acceptors (Lipinski definition) is 6. The van der Waals surface area contributed by atoms with Gasteiger partial charge in [0.15, 0.2) is 11.6 Å². The maximum Gasteiger partial charge on any atom is 0.338 e. The van der Waals surface area contributed by atoms with Crippen LogP contribution in [0.5, 0.6) is 0 Å². The Kier molecular flexibility index (Phi) is 9.41. The second kappa shape index (κ2) is 11.3. The van der Waals surface area contributed by atoms with E-state index in [0.29, 0.717) is 22.3 Å². The van der Waals surface area contributed by atoms with Gasteiger partial charge in [-0.05, 0) is 32.9 Å². The average Bonchev–Trinajstić information content (AvgIpc) is 2.72. The van der Waals surface area contributed by atoms with Crippen LogP contribution in [0.15, 0.2) is 36.4 Å². The molecule has 2 aromatic rings. The third-order valence-corrected chi connectivity index (χ3v) is 4.47. The molecule has 0 spiro atoms. The number of carbonyl (C=O) groups excluding carboxylic acids is 4. The first-order valence-corrected chi connectivity index (χ1v) is 9.76. The Balaban J connectivity index is 0.000000291. The highest BCUT2D eigenvalue weighted by Gasteiger charge is 2.16. The molecule has 0 unspecified atom stereocenters. The zero-order chi connectivity index (χ0) is 22.1. The molecule has 0 fully saturated rings. The van der Waals surface area contributed by atoms with Gasteiger partial charge in [-0.15, -0.1) is 0 Å². The summed E-state index contributed by atoms with van der Waals surface area (Å²) in [6, 6.07) is 10.2. The SMILES string of the molecule is COC(=O)c1cc(C)ccc1C(=O)CBr.COC(=O)c1cc(C)ccc1C(C)=O. The van der Waals surface area contributed by atoms with Crippen LogP contribution in [0.3, 0.4) is 0 Å². The number of rotatable bonds is 5. The number of esters is 2. The van der Waals surface area contributed by atoms with E-state index < -0.39 is 11.9 Å². The highest BCUT2D eigenvalue weighted by Crippen LogP contribution is 2.15. The molecular formula is C22H23BrO6. The summed E-state index contributed by atoms with van der Waals surface area (Å²) in [7, 11) is 2.60. The van der Waals surface area contributed by atoms with Crippen molar-refractivity contribution in [1.29, 1.82) is 0 Å². The fourth-order valence-corrected chi connectivity index (χ4v) is 2.80. The fraction of sp³-hybridized carbons (Fsp3) is 0.273. The monoisotopic (exact) mass is 462 g/mol. The van der Waals surface area contributed by atoms with E-state index in [1.165, 1.54) is 21.1 Å². The highest BCUT2D eigenvalue weighted by atomic mass is 79.9. The van der Waals surface area contributed by atoms with Crippen LogP contribution in [-0.4, -0.2) is 43.1 Å². The molecule has 7 heteroatoms. The molecule has 154 valence electrons. The third kappa shape index (κ3) is 6.64. The van der Waals surface area contributed by atoms with Gasteiger partial charge in [0.1, 0.15) is 0 Å². The molecule has 0 saturated carbocycles. The second-order valence-corrected chi connectivity index (χ2v) is 6.75. The predicted octanol–water partition coefficient (Wildman–Crippen LogP) is 4.34. The van der Waals surface area contributed by atoms with E-state index in [0.717, 1.165) is 11.1 Å². The molecule has 6 nitrogen and oxygen atoms in total. The number of aryl methyl sites for hydroxylation is 2. The van der Waals surface area contributed by atoms with Crippen LogP contribution in [0.25, 0.3) is 0 Å². The van der Waals surface area contributed by atoms with Crippen LogP contribution >= 0.6 is 15.9 Å².